The summed E-state index contributed by atoms with van der Waals surface area (Å²) in [5, 5.41) is 0. The zero-order chi connectivity index (χ0) is 11.4. The van der Waals surface area contributed by atoms with E-state index in [1.54, 1.807) is 24.3 Å². The molecule has 84 valence electrons. The second-order valence-corrected chi connectivity index (χ2v) is 3.99. The molecule has 1 aromatic rings. The van der Waals surface area contributed by atoms with Crippen LogP contribution in [0.25, 0.3) is 0 Å². The van der Waals surface area contributed by atoms with Crippen LogP contribution in [0.4, 0.5) is 0 Å². The van der Waals surface area contributed by atoms with E-state index in [0.29, 0.717) is 11.1 Å². The first kappa shape index (κ1) is 10.9. The summed E-state index contributed by atoms with van der Waals surface area (Å²) in [6, 6.07) is 6.53. The molecule has 0 amide bonds. The summed E-state index contributed by atoms with van der Waals surface area (Å²) in [5.74, 6) is -1.10. The fraction of sp³-hybridized carbons (Fsp3) is 0.385. The number of benzene rings is 1. The van der Waals surface area contributed by atoms with E-state index in [4.69, 9.17) is 0 Å². The van der Waals surface area contributed by atoms with Crippen LogP contribution >= 0.6 is 0 Å². The second-order valence-electron chi connectivity index (χ2n) is 3.99. The van der Waals surface area contributed by atoms with Crippen LogP contribution < -0.4 is 0 Å². The van der Waals surface area contributed by atoms with Crippen molar-refractivity contribution < 1.29 is 14.3 Å². The van der Waals surface area contributed by atoms with E-state index in [1.165, 1.54) is 32.1 Å². The van der Waals surface area contributed by atoms with Gasteiger partial charge in [-0.3, -0.25) is 0 Å². The maximum Gasteiger partial charge on any atom is 0.346 e. The Morgan fingerprint density at radius 3 is 1.50 bits per heavy atom. The summed E-state index contributed by atoms with van der Waals surface area (Å²) in [6.45, 7) is 0. The Hall–Kier alpha value is -1.64. The monoisotopic (exact) mass is 218 g/mol. The van der Waals surface area contributed by atoms with Gasteiger partial charge in [-0.25, -0.2) is 9.59 Å². The number of carbonyl (C=O) groups excluding carboxylic acids is 2. The Labute approximate surface area is 94.4 Å². The zero-order valence-electron chi connectivity index (χ0n) is 9.07. The van der Waals surface area contributed by atoms with Crippen molar-refractivity contribution in [1.29, 1.82) is 0 Å². The highest BCUT2D eigenvalue weighted by atomic mass is 16.6. The quantitative estimate of drug-likeness (QED) is 0.496. The van der Waals surface area contributed by atoms with Crippen molar-refractivity contribution >= 4 is 11.9 Å². The molecule has 1 saturated carbocycles. The van der Waals surface area contributed by atoms with Gasteiger partial charge in [-0.05, 0) is 12.1 Å². The van der Waals surface area contributed by atoms with E-state index in [-0.39, 0.29) is 0 Å². The largest absolute Gasteiger partial charge is 0.386 e. The number of hydrogen-bond acceptors (Lipinski definition) is 3. The molecule has 0 radical (unpaired) electrons. The summed E-state index contributed by atoms with van der Waals surface area (Å²) in [7, 11) is 0. The van der Waals surface area contributed by atoms with Gasteiger partial charge < -0.3 is 4.74 Å². The number of ether oxygens (including phenoxy) is 1. The van der Waals surface area contributed by atoms with Gasteiger partial charge in [0.1, 0.15) is 0 Å². The highest BCUT2D eigenvalue weighted by Gasteiger charge is 2.28. The van der Waals surface area contributed by atoms with E-state index in [0.717, 1.165) is 0 Å². The van der Waals surface area contributed by atoms with Gasteiger partial charge in [-0.15, -0.1) is 0 Å². The lowest BCUT2D eigenvalue weighted by molar-refractivity contribution is 0.0444. The van der Waals surface area contributed by atoms with Crippen LogP contribution in [0.1, 0.15) is 52.8 Å². The van der Waals surface area contributed by atoms with Crippen molar-refractivity contribution in [3.8, 4) is 0 Å². The van der Waals surface area contributed by atoms with Crippen molar-refractivity contribution in [3.05, 3.63) is 35.4 Å². The minimum atomic E-state index is -0.550. The van der Waals surface area contributed by atoms with E-state index in [2.05, 4.69) is 4.74 Å². The lowest BCUT2D eigenvalue weighted by Gasteiger charge is -1.86. The van der Waals surface area contributed by atoms with E-state index >= 15 is 0 Å². The molecule has 1 aliphatic heterocycles. The Morgan fingerprint density at radius 2 is 1.12 bits per heavy atom. The van der Waals surface area contributed by atoms with Gasteiger partial charge >= 0.3 is 11.9 Å². The van der Waals surface area contributed by atoms with Crippen LogP contribution in [0.15, 0.2) is 24.3 Å². The van der Waals surface area contributed by atoms with Crippen LogP contribution in [-0.4, -0.2) is 11.9 Å². The Kier molecular flexibility index (Phi) is 3.34. The molecular formula is C13H14O3. The minimum absolute atomic E-state index is 0.359. The van der Waals surface area contributed by atoms with Crippen molar-refractivity contribution in [2.75, 3.05) is 0 Å². The SMILES string of the molecule is C1CCCC1.O=C1OC(=O)c2ccccc21. The predicted molar refractivity (Wildman–Crippen MR) is 59.3 cm³/mol. The first-order valence-electron chi connectivity index (χ1n) is 5.64. The third-order valence-electron chi connectivity index (χ3n) is 2.80. The molecule has 0 N–H and O–H groups in total. The molecule has 0 aromatic heterocycles. The molecule has 2 aliphatic rings. The first-order valence-corrected chi connectivity index (χ1v) is 5.64. The molecule has 1 aromatic carbocycles. The van der Waals surface area contributed by atoms with Crippen molar-refractivity contribution in [2.45, 2.75) is 32.1 Å². The summed E-state index contributed by atoms with van der Waals surface area (Å²) in [5.41, 5.74) is 0.718. The summed E-state index contributed by atoms with van der Waals surface area (Å²) in [4.78, 5) is 21.7. The molecule has 0 unspecified atom stereocenters. The average molecular weight is 218 g/mol. The van der Waals surface area contributed by atoms with Crippen molar-refractivity contribution in [2.24, 2.45) is 0 Å². The lowest BCUT2D eigenvalue weighted by Crippen LogP contribution is -1.96. The number of fused-ring (bicyclic) bond motifs is 1. The number of hydrogen-bond donors (Lipinski definition) is 0. The fourth-order valence-corrected chi connectivity index (χ4v) is 1.92. The highest BCUT2D eigenvalue weighted by molar-refractivity contribution is 6.14. The molecule has 0 atom stereocenters. The fourth-order valence-electron chi connectivity index (χ4n) is 1.92. The van der Waals surface area contributed by atoms with Crippen LogP contribution in [0.2, 0.25) is 0 Å². The molecule has 1 aliphatic carbocycles. The number of rotatable bonds is 0. The Bertz CT molecular complexity index is 365. The van der Waals surface area contributed by atoms with Gasteiger partial charge in [0.15, 0.2) is 0 Å². The Balaban J connectivity index is 0.000000162. The summed E-state index contributed by atoms with van der Waals surface area (Å²) in [6.07, 6.45) is 7.50. The average Bonchev–Trinajstić information content (AvgIpc) is 2.94. The summed E-state index contributed by atoms with van der Waals surface area (Å²) >= 11 is 0. The second kappa shape index (κ2) is 4.92. The predicted octanol–water partition coefficient (Wildman–Crippen LogP) is 2.95. The normalized spacial score (nSPS) is 17.5. The van der Waals surface area contributed by atoms with Crippen LogP contribution in [-0.2, 0) is 4.74 Å². The molecule has 1 heterocycles. The number of cyclic esters (lactones) is 2. The molecule has 0 saturated heterocycles. The third-order valence-corrected chi connectivity index (χ3v) is 2.80. The smallest absolute Gasteiger partial charge is 0.346 e. The van der Waals surface area contributed by atoms with E-state index in [1.807, 2.05) is 0 Å². The van der Waals surface area contributed by atoms with Gasteiger partial charge in [-0.2, -0.15) is 0 Å². The van der Waals surface area contributed by atoms with Gasteiger partial charge in [0.25, 0.3) is 0 Å². The molecule has 3 nitrogen and oxygen atoms in total. The van der Waals surface area contributed by atoms with Crippen molar-refractivity contribution in [3.63, 3.8) is 0 Å². The number of esters is 2. The highest BCUT2D eigenvalue weighted by Crippen LogP contribution is 2.18. The van der Waals surface area contributed by atoms with E-state index < -0.39 is 11.9 Å². The minimum Gasteiger partial charge on any atom is -0.386 e. The zero-order valence-corrected chi connectivity index (χ0v) is 9.07. The molecule has 3 rings (SSSR count). The topological polar surface area (TPSA) is 43.4 Å². The molecular weight excluding hydrogens is 204 g/mol. The van der Waals surface area contributed by atoms with Gasteiger partial charge in [0.2, 0.25) is 0 Å². The first-order chi connectivity index (χ1) is 7.79. The maximum absolute atomic E-state index is 10.8. The summed E-state index contributed by atoms with van der Waals surface area (Å²) < 4.78 is 4.35. The van der Waals surface area contributed by atoms with Crippen LogP contribution in [0, 0.1) is 0 Å². The molecule has 16 heavy (non-hydrogen) atoms. The number of carbonyl (C=O) groups is 2. The maximum atomic E-state index is 10.8. The van der Waals surface area contributed by atoms with E-state index in [9.17, 15) is 9.59 Å². The van der Waals surface area contributed by atoms with Crippen LogP contribution in [0.3, 0.4) is 0 Å². The van der Waals surface area contributed by atoms with Crippen LogP contribution in [0.5, 0.6) is 0 Å². The standard InChI is InChI=1S/C8H4O3.C5H10/c9-7-5-3-1-2-4-6(5)8(10)11-7;1-2-4-5-3-1/h1-4H;1-5H2. The van der Waals surface area contributed by atoms with Crippen molar-refractivity contribution in [1.82, 2.24) is 0 Å². The van der Waals surface area contributed by atoms with Gasteiger partial charge in [0.05, 0.1) is 11.1 Å². The van der Waals surface area contributed by atoms with Gasteiger partial charge in [0, 0.05) is 0 Å². The third kappa shape index (κ3) is 2.30. The Morgan fingerprint density at radius 1 is 0.750 bits per heavy atom. The molecule has 3 heteroatoms. The molecule has 0 spiro atoms. The van der Waals surface area contributed by atoms with Gasteiger partial charge in [-0.1, -0.05) is 44.2 Å². The lowest BCUT2D eigenvalue weighted by atomic mass is 10.1. The molecule has 1 fully saturated rings. The molecule has 0 bridgehead atoms.